The van der Waals surface area contributed by atoms with Crippen LogP contribution in [0.4, 0.5) is 0 Å². The molecular formula is C16H18ClN3O2. The summed E-state index contributed by atoms with van der Waals surface area (Å²) in [5, 5.41) is 10.7. The van der Waals surface area contributed by atoms with E-state index in [1.807, 2.05) is 12.1 Å². The third-order valence-corrected chi connectivity index (χ3v) is 4.04. The van der Waals surface area contributed by atoms with Gasteiger partial charge in [-0.05, 0) is 44.0 Å². The summed E-state index contributed by atoms with van der Waals surface area (Å²) >= 11 is 5.95. The van der Waals surface area contributed by atoms with Gasteiger partial charge >= 0.3 is 0 Å². The summed E-state index contributed by atoms with van der Waals surface area (Å²) in [5.41, 5.74) is 1.09. The maximum absolute atomic E-state index is 12.1. The number of piperidine rings is 1. The third kappa shape index (κ3) is 3.67. The van der Waals surface area contributed by atoms with Crippen molar-refractivity contribution < 1.29 is 9.32 Å². The van der Waals surface area contributed by atoms with Crippen molar-refractivity contribution >= 4 is 17.5 Å². The van der Waals surface area contributed by atoms with E-state index in [1.54, 1.807) is 18.2 Å². The van der Waals surface area contributed by atoms with E-state index >= 15 is 0 Å². The Labute approximate surface area is 134 Å². The van der Waals surface area contributed by atoms with E-state index in [0.29, 0.717) is 28.9 Å². The molecular weight excluding hydrogens is 302 g/mol. The minimum atomic E-state index is -0.206. The number of aromatic nitrogens is 1. The van der Waals surface area contributed by atoms with Gasteiger partial charge in [-0.3, -0.25) is 4.79 Å². The second-order valence-electron chi connectivity index (χ2n) is 5.51. The van der Waals surface area contributed by atoms with Gasteiger partial charge < -0.3 is 15.2 Å². The number of carbonyl (C=O) groups excluding carboxylic acids is 1. The average Bonchev–Trinajstić information content (AvgIpc) is 3.04. The van der Waals surface area contributed by atoms with Crippen LogP contribution in [-0.2, 0) is 0 Å². The molecule has 1 unspecified atom stereocenters. The lowest BCUT2D eigenvalue weighted by molar-refractivity contribution is 0.0936. The second kappa shape index (κ2) is 6.94. The Morgan fingerprint density at radius 1 is 1.45 bits per heavy atom. The number of halogens is 1. The number of carbonyl (C=O) groups is 1. The highest BCUT2D eigenvalue weighted by molar-refractivity contribution is 6.30. The molecule has 1 aliphatic rings. The Morgan fingerprint density at radius 2 is 2.36 bits per heavy atom. The molecule has 22 heavy (non-hydrogen) atoms. The molecule has 1 aromatic carbocycles. The van der Waals surface area contributed by atoms with E-state index < -0.39 is 0 Å². The van der Waals surface area contributed by atoms with Crippen LogP contribution in [0, 0.1) is 5.92 Å². The SMILES string of the molecule is O=C(NCC1CCCNC1)c1cc(-c2cccc(Cl)c2)on1. The molecule has 1 atom stereocenters. The Balaban J connectivity index is 1.61. The molecule has 1 amide bonds. The summed E-state index contributed by atoms with van der Waals surface area (Å²) in [6.45, 7) is 2.68. The number of hydrogen-bond donors (Lipinski definition) is 2. The first kappa shape index (κ1) is 15.1. The zero-order valence-corrected chi connectivity index (χ0v) is 12.9. The molecule has 2 aromatic rings. The largest absolute Gasteiger partial charge is 0.355 e. The number of nitrogens with zero attached hydrogens (tertiary/aromatic N) is 1. The van der Waals surface area contributed by atoms with Crippen molar-refractivity contribution in [2.24, 2.45) is 5.92 Å². The predicted molar refractivity (Wildman–Crippen MR) is 84.9 cm³/mol. The number of hydrogen-bond acceptors (Lipinski definition) is 4. The second-order valence-corrected chi connectivity index (χ2v) is 5.95. The Bertz CT molecular complexity index is 650. The van der Waals surface area contributed by atoms with Crippen molar-refractivity contribution in [2.45, 2.75) is 12.8 Å². The highest BCUT2D eigenvalue weighted by Gasteiger charge is 2.17. The topological polar surface area (TPSA) is 67.2 Å². The van der Waals surface area contributed by atoms with Gasteiger partial charge in [-0.2, -0.15) is 0 Å². The van der Waals surface area contributed by atoms with Crippen LogP contribution in [0.25, 0.3) is 11.3 Å². The maximum atomic E-state index is 12.1. The standard InChI is InChI=1S/C16H18ClN3O2/c17-13-5-1-4-12(7-13)15-8-14(20-22-15)16(21)19-10-11-3-2-6-18-9-11/h1,4-5,7-8,11,18H,2-3,6,9-10H2,(H,19,21). The molecule has 3 rings (SSSR count). The van der Waals surface area contributed by atoms with E-state index in [0.717, 1.165) is 31.5 Å². The molecule has 1 saturated heterocycles. The van der Waals surface area contributed by atoms with Gasteiger partial charge in [0.05, 0.1) is 0 Å². The van der Waals surface area contributed by atoms with Crippen LogP contribution < -0.4 is 10.6 Å². The molecule has 0 radical (unpaired) electrons. The van der Waals surface area contributed by atoms with Crippen molar-refractivity contribution in [3.05, 3.63) is 41.0 Å². The van der Waals surface area contributed by atoms with Crippen LogP contribution in [0.3, 0.4) is 0 Å². The summed E-state index contributed by atoms with van der Waals surface area (Å²) in [4.78, 5) is 12.1. The van der Waals surface area contributed by atoms with Crippen LogP contribution >= 0.6 is 11.6 Å². The van der Waals surface area contributed by atoms with E-state index in [4.69, 9.17) is 16.1 Å². The summed E-state index contributed by atoms with van der Waals surface area (Å²) in [5.74, 6) is 0.812. The summed E-state index contributed by atoms with van der Waals surface area (Å²) in [6, 6.07) is 8.89. The van der Waals surface area contributed by atoms with Gasteiger partial charge in [0.2, 0.25) is 0 Å². The zero-order chi connectivity index (χ0) is 15.4. The number of amides is 1. The summed E-state index contributed by atoms with van der Waals surface area (Å²) < 4.78 is 5.24. The molecule has 1 aliphatic heterocycles. The van der Waals surface area contributed by atoms with Gasteiger partial charge in [-0.25, -0.2) is 0 Å². The Kier molecular flexibility index (Phi) is 4.75. The number of nitrogens with one attached hydrogen (secondary N) is 2. The van der Waals surface area contributed by atoms with Crippen LogP contribution in [0.15, 0.2) is 34.9 Å². The molecule has 0 spiro atoms. The quantitative estimate of drug-likeness (QED) is 0.909. The van der Waals surface area contributed by atoms with Crippen LogP contribution in [0.1, 0.15) is 23.3 Å². The van der Waals surface area contributed by atoms with Crippen molar-refractivity contribution in [2.75, 3.05) is 19.6 Å². The third-order valence-electron chi connectivity index (χ3n) is 3.80. The normalized spacial score (nSPS) is 18.1. The Morgan fingerprint density at radius 3 is 3.14 bits per heavy atom. The molecule has 1 fully saturated rings. The van der Waals surface area contributed by atoms with Gasteiger partial charge in [0, 0.05) is 23.2 Å². The minimum absolute atomic E-state index is 0.206. The van der Waals surface area contributed by atoms with Crippen LogP contribution in [0.2, 0.25) is 5.02 Å². The molecule has 0 saturated carbocycles. The zero-order valence-electron chi connectivity index (χ0n) is 12.1. The maximum Gasteiger partial charge on any atom is 0.273 e. The van der Waals surface area contributed by atoms with Gasteiger partial charge in [0.25, 0.3) is 5.91 Å². The molecule has 5 nitrogen and oxygen atoms in total. The molecule has 6 heteroatoms. The van der Waals surface area contributed by atoms with Gasteiger partial charge in [0.1, 0.15) is 0 Å². The fourth-order valence-electron chi connectivity index (χ4n) is 2.59. The fraction of sp³-hybridized carbons (Fsp3) is 0.375. The minimum Gasteiger partial charge on any atom is -0.355 e. The van der Waals surface area contributed by atoms with E-state index in [-0.39, 0.29) is 5.91 Å². The molecule has 0 bridgehead atoms. The number of rotatable bonds is 4. The van der Waals surface area contributed by atoms with Crippen molar-refractivity contribution in [3.8, 4) is 11.3 Å². The highest BCUT2D eigenvalue weighted by Crippen LogP contribution is 2.23. The highest BCUT2D eigenvalue weighted by atomic mass is 35.5. The first-order valence-electron chi connectivity index (χ1n) is 7.44. The van der Waals surface area contributed by atoms with Gasteiger partial charge in [-0.15, -0.1) is 0 Å². The molecule has 0 aliphatic carbocycles. The molecule has 116 valence electrons. The molecule has 1 aromatic heterocycles. The fourth-order valence-corrected chi connectivity index (χ4v) is 2.78. The first-order valence-corrected chi connectivity index (χ1v) is 7.82. The van der Waals surface area contributed by atoms with Crippen molar-refractivity contribution in [3.63, 3.8) is 0 Å². The smallest absolute Gasteiger partial charge is 0.273 e. The lowest BCUT2D eigenvalue weighted by Gasteiger charge is -2.22. The lowest BCUT2D eigenvalue weighted by Crippen LogP contribution is -2.38. The van der Waals surface area contributed by atoms with E-state index in [2.05, 4.69) is 15.8 Å². The Hall–Kier alpha value is -1.85. The monoisotopic (exact) mass is 319 g/mol. The van der Waals surface area contributed by atoms with Gasteiger partial charge in [0.15, 0.2) is 11.5 Å². The average molecular weight is 320 g/mol. The van der Waals surface area contributed by atoms with Gasteiger partial charge in [-0.1, -0.05) is 28.9 Å². The van der Waals surface area contributed by atoms with Crippen molar-refractivity contribution in [1.82, 2.24) is 15.8 Å². The first-order chi connectivity index (χ1) is 10.7. The number of benzene rings is 1. The molecule has 2 N–H and O–H groups in total. The van der Waals surface area contributed by atoms with Crippen LogP contribution in [-0.4, -0.2) is 30.7 Å². The predicted octanol–water partition coefficient (Wildman–Crippen LogP) is 2.72. The van der Waals surface area contributed by atoms with Crippen LogP contribution in [0.5, 0.6) is 0 Å². The summed E-state index contributed by atoms with van der Waals surface area (Å²) in [7, 11) is 0. The van der Waals surface area contributed by atoms with Crippen molar-refractivity contribution in [1.29, 1.82) is 0 Å². The van der Waals surface area contributed by atoms with E-state index in [9.17, 15) is 4.79 Å². The summed E-state index contributed by atoms with van der Waals surface area (Å²) in [6.07, 6.45) is 2.29. The molecule has 2 heterocycles. The van der Waals surface area contributed by atoms with E-state index in [1.165, 1.54) is 0 Å². The lowest BCUT2D eigenvalue weighted by atomic mass is 10.00.